The monoisotopic (exact) mass is 142 g/mol. The number of hydrogen-bond acceptors (Lipinski definition) is 2. The lowest BCUT2D eigenvalue weighted by Gasteiger charge is -2.35. The van der Waals surface area contributed by atoms with Gasteiger partial charge in [-0.2, -0.15) is 0 Å². The van der Waals surface area contributed by atoms with Gasteiger partial charge in [-0.05, 0) is 13.8 Å². The molecule has 1 aliphatic rings. The van der Waals surface area contributed by atoms with Crippen LogP contribution in [0.4, 0.5) is 0 Å². The number of rotatable bonds is 2. The average Bonchev–Trinajstić information content (AvgIpc) is 1.78. The molecule has 1 amide bonds. The van der Waals surface area contributed by atoms with E-state index in [9.17, 15) is 4.79 Å². The molecule has 1 rings (SSSR count). The molecule has 0 atom stereocenters. The molecule has 0 saturated carbocycles. The van der Waals surface area contributed by atoms with Gasteiger partial charge in [0.05, 0.1) is 0 Å². The first-order chi connectivity index (χ1) is 4.49. The predicted octanol–water partition coefficient (Wildman–Crippen LogP) is -0.0440. The van der Waals surface area contributed by atoms with E-state index >= 15 is 0 Å². The third kappa shape index (κ3) is 1.70. The van der Waals surface area contributed by atoms with Crippen LogP contribution >= 0.6 is 0 Å². The molecule has 0 unspecified atom stereocenters. The minimum atomic E-state index is -0.240. The second-order valence-electron chi connectivity index (χ2n) is 3.55. The Balaban J connectivity index is 2.32. The zero-order valence-electron chi connectivity index (χ0n) is 6.55. The van der Waals surface area contributed by atoms with E-state index in [0.717, 1.165) is 6.54 Å². The van der Waals surface area contributed by atoms with Crippen LogP contribution in [0.1, 0.15) is 20.3 Å². The summed E-state index contributed by atoms with van der Waals surface area (Å²) in [4.78, 5) is 12.6. The molecule has 1 heterocycles. The second-order valence-corrected chi connectivity index (χ2v) is 3.55. The Morgan fingerprint density at radius 3 is 2.40 bits per heavy atom. The van der Waals surface area contributed by atoms with Crippen LogP contribution in [0.5, 0.6) is 0 Å². The third-order valence-corrected chi connectivity index (χ3v) is 1.55. The van der Waals surface area contributed by atoms with Gasteiger partial charge in [-0.15, -0.1) is 0 Å². The molecule has 2 N–H and O–H groups in total. The first-order valence-electron chi connectivity index (χ1n) is 3.56. The highest BCUT2D eigenvalue weighted by atomic mass is 16.2. The lowest BCUT2D eigenvalue weighted by Crippen LogP contribution is -2.53. The van der Waals surface area contributed by atoms with Crippen LogP contribution in [-0.2, 0) is 4.79 Å². The molecule has 0 aromatic carbocycles. The Bertz CT molecular complexity index is 148. The van der Waals surface area contributed by atoms with Gasteiger partial charge in [-0.3, -0.25) is 4.79 Å². The van der Waals surface area contributed by atoms with E-state index in [0.29, 0.717) is 13.0 Å². The van der Waals surface area contributed by atoms with Gasteiger partial charge in [0.15, 0.2) is 0 Å². The average molecular weight is 142 g/mol. The molecule has 0 bridgehead atoms. The summed E-state index contributed by atoms with van der Waals surface area (Å²) in [7, 11) is 0. The zero-order valence-corrected chi connectivity index (χ0v) is 6.55. The van der Waals surface area contributed by atoms with E-state index in [1.807, 2.05) is 13.8 Å². The smallest absolute Gasteiger partial charge is 0.224 e. The number of carbonyl (C=O) groups is 1. The Morgan fingerprint density at radius 1 is 1.70 bits per heavy atom. The van der Waals surface area contributed by atoms with Gasteiger partial charge in [0.1, 0.15) is 0 Å². The van der Waals surface area contributed by atoms with Crippen molar-refractivity contribution in [3.05, 3.63) is 0 Å². The summed E-state index contributed by atoms with van der Waals surface area (Å²) < 4.78 is 0. The third-order valence-electron chi connectivity index (χ3n) is 1.55. The fourth-order valence-electron chi connectivity index (χ4n) is 1.02. The number of likely N-dealkylation sites (tertiary alicyclic amines) is 1. The molecule has 1 aliphatic heterocycles. The van der Waals surface area contributed by atoms with Crippen molar-refractivity contribution in [1.82, 2.24) is 4.90 Å². The van der Waals surface area contributed by atoms with Crippen molar-refractivity contribution < 1.29 is 4.79 Å². The number of carbonyl (C=O) groups excluding carboxylic acids is 1. The largest absolute Gasteiger partial charge is 0.340 e. The number of nitrogens with zero attached hydrogens (tertiary/aromatic N) is 1. The molecule has 0 aromatic rings. The second kappa shape index (κ2) is 2.23. The van der Waals surface area contributed by atoms with Crippen molar-refractivity contribution in [2.45, 2.75) is 25.8 Å². The Labute approximate surface area is 61.2 Å². The lowest BCUT2D eigenvalue weighted by molar-refractivity contribution is -0.140. The maximum atomic E-state index is 10.8. The van der Waals surface area contributed by atoms with E-state index in [2.05, 4.69) is 0 Å². The summed E-state index contributed by atoms with van der Waals surface area (Å²) in [6.07, 6.45) is 0.704. The maximum absolute atomic E-state index is 10.8. The van der Waals surface area contributed by atoms with Crippen LogP contribution in [-0.4, -0.2) is 29.4 Å². The topological polar surface area (TPSA) is 46.3 Å². The summed E-state index contributed by atoms with van der Waals surface area (Å²) in [5.74, 6) is 0.235. The van der Waals surface area contributed by atoms with Crippen LogP contribution in [0.15, 0.2) is 0 Å². The SMILES string of the molecule is CC(C)(N)CN1CCC1=O. The molecule has 0 aromatic heterocycles. The van der Waals surface area contributed by atoms with Crippen LogP contribution in [0.25, 0.3) is 0 Å². The molecular weight excluding hydrogens is 128 g/mol. The number of amides is 1. The summed E-state index contributed by atoms with van der Waals surface area (Å²) in [5.41, 5.74) is 5.47. The van der Waals surface area contributed by atoms with E-state index in [-0.39, 0.29) is 11.4 Å². The highest BCUT2D eigenvalue weighted by molar-refractivity contribution is 5.81. The molecule has 3 heteroatoms. The summed E-state index contributed by atoms with van der Waals surface area (Å²) in [5, 5.41) is 0. The molecular formula is C7H14N2O. The van der Waals surface area contributed by atoms with Gasteiger partial charge >= 0.3 is 0 Å². The van der Waals surface area contributed by atoms with Crippen molar-refractivity contribution in [3.63, 3.8) is 0 Å². The standard InChI is InChI=1S/C7H14N2O/c1-7(2,8)5-9-4-3-6(9)10/h3-5,8H2,1-2H3. The van der Waals surface area contributed by atoms with Crippen molar-refractivity contribution in [2.75, 3.05) is 13.1 Å². The molecule has 3 nitrogen and oxygen atoms in total. The quantitative estimate of drug-likeness (QED) is 0.550. The highest BCUT2D eigenvalue weighted by Gasteiger charge is 2.27. The van der Waals surface area contributed by atoms with Gasteiger partial charge < -0.3 is 10.6 Å². The van der Waals surface area contributed by atoms with Gasteiger partial charge in [-0.1, -0.05) is 0 Å². The molecule has 10 heavy (non-hydrogen) atoms. The predicted molar refractivity (Wildman–Crippen MR) is 39.5 cm³/mol. The number of β-lactam (4-membered cyclic amide) rings is 1. The molecule has 0 radical (unpaired) electrons. The van der Waals surface area contributed by atoms with E-state index in [1.54, 1.807) is 4.90 Å². The van der Waals surface area contributed by atoms with Crippen LogP contribution in [0.2, 0.25) is 0 Å². The number of nitrogens with two attached hydrogens (primary N) is 1. The Hall–Kier alpha value is -0.570. The van der Waals surface area contributed by atoms with Crippen molar-refractivity contribution in [1.29, 1.82) is 0 Å². The first-order valence-corrected chi connectivity index (χ1v) is 3.56. The highest BCUT2D eigenvalue weighted by Crippen LogP contribution is 2.11. The summed E-state index contributed by atoms with van der Waals surface area (Å²) >= 11 is 0. The van der Waals surface area contributed by atoms with Crippen LogP contribution < -0.4 is 5.73 Å². The maximum Gasteiger partial charge on any atom is 0.224 e. The van der Waals surface area contributed by atoms with Crippen molar-refractivity contribution in [2.24, 2.45) is 5.73 Å². The fourth-order valence-corrected chi connectivity index (χ4v) is 1.02. The molecule has 1 saturated heterocycles. The van der Waals surface area contributed by atoms with E-state index in [4.69, 9.17) is 5.73 Å². The zero-order chi connectivity index (χ0) is 7.78. The van der Waals surface area contributed by atoms with Crippen molar-refractivity contribution >= 4 is 5.91 Å². The van der Waals surface area contributed by atoms with E-state index in [1.165, 1.54) is 0 Å². The minimum Gasteiger partial charge on any atom is -0.340 e. The van der Waals surface area contributed by atoms with Crippen LogP contribution in [0.3, 0.4) is 0 Å². The van der Waals surface area contributed by atoms with Crippen LogP contribution in [0, 0.1) is 0 Å². The van der Waals surface area contributed by atoms with E-state index < -0.39 is 0 Å². The molecule has 0 aliphatic carbocycles. The van der Waals surface area contributed by atoms with Gasteiger partial charge in [-0.25, -0.2) is 0 Å². The van der Waals surface area contributed by atoms with Gasteiger partial charge in [0.25, 0.3) is 0 Å². The Kier molecular flexibility index (Phi) is 1.68. The summed E-state index contributed by atoms with van der Waals surface area (Å²) in [6.45, 7) is 5.43. The fraction of sp³-hybridized carbons (Fsp3) is 0.857. The van der Waals surface area contributed by atoms with Gasteiger partial charge in [0, 0.05) is 25.0 Å². The first kappa shape index (κ1) is 7.54. The lowest BCUT2D eigenvalue weighted by atomic mass is 10.0. The van der Waals surface area contributed by atoms with Gasteiger partial charge in [0.2, 0.25) is 5.91 Å². The Morgan fingerprint density at radius 2 is 2.30 bits per heavy atom. The molecule has 1 fully saturated rings. The number of hydrogen-bond donors (Lipinski definition) is 1. The normalized spacial score (nSPS) is 19.1. The summed E-state index contributed by atoms with van der Waals surface area (Å²) in [6, 6.07) is 0. The molecule has 0 spiro atoms. The van der Waals surface area contributed by atoms with Crippen molar-refractivity contribution in [3.8, 4) is 0 Å². The minimum absolute atomic E-state index is 0.235. The molecule has 58 valence electrons.